The Balaban J connectivity index is 1.87. The minimum absolute atomic E-state index is 0.765. The zero-order chi connectivity index (χ0) is 9.26. The first kappa shape index (κ1) is 9.47. The van der Waals surface area contributed by atoms with E-state index < -0.39 is 0 Å². The minimum Gasteiger partial charge on any atom is -0.315 e. The molecule has 2 fully saturated rings. The highest BCUT2D eigenvalue weighted by molar-refractivity contribution is 4.92. The summed E-state index contributed by atoms with van der Waals surface area (Å²) >= 11 is 0. The molecule has 0 aromatic carbocycles. The Morgan fingerprint density at radius 1 is 1.15 bits per heavy atom. The molecule has 2 rings (SSSR count). The first-order valence-corrected chi connectivity index (χ1v) is 5.72. The lowest BCUT2D eigenvalue weighted by atomic mass is 9.86. The van der Waals surface area contributed by atoms with E-state index in [0.717, 1.165) is 18.0 Å². The first-order valence-electron chi connectivity index (χ1n) is 5.72. The highest BCUT2D eigenvalue weighted by Crippen LogP contribution is 2.28. The van der Waals surface area contributed by atoms with Gasteiger partial charge in [0, 0.05) is 25.2 Å². The lowest BCUT2D eigenvalue weighted by molar-refractivity contribution is 0.0276. The number of nitrogens with one attached hydrogen (secondary N) is 1. The van der Waals surface area contributed by atoms with Gasteiger partial charge in [0.1, 0.15) is 0 Å². The number of likely N-dealkylation sites (tertiary alicyclic amines) is 1. The van der Waals surface area contributed by atoms with Crippen molar-refractivity contribution in [2.75, 3.05) is 20.1 Å². The Morgan fingerprint density at radius 3 is 2.46 bits per heavy atom. The predicted octanol–water partition coefficient (Wildman–Crippen LogP) is 1.47. The molecule has 2 heteroatoms. The molecule has 2 nitrogen and oxygen atoms in total. The SMILES string of the molecule is CNC1CCCCC1N1CC(C)C1. The van der Waals surface area contributed by atoms with E-state index in [4.69, 9.17) is 0 Å². The Hall–Kier alpha value is -0.0800. The Bertz CT molecular complexity index is 163. The normalized spacial score (nSPS) is 37.4. The summed E-state index contributed by atoms with van der Waals surface area (Å²) in [7, 11) is 2.12. The van der Waals surface area contributed by atoms with Gasteiger partial charge in [-0.05, 0) is 25.8 Å². The summed E-state index contributed by atoms with van der Waals surface area (Å²) in [5.41, 5.74) is 0. The number of likely N-dealkylation sites (N-methyl/N-ethyl adjacent to an activating group) is 1. The van der Waals surface area contributed by atoms with Gasteiger partial charge in [0.2, 0.25) is 0 Å². The van der Waals surface area contributed by atoms with E-state index >= 15 is 0 Å². The lowest BCUT2D eigenvalue weighted by Crippen LogP contribution is -2.58. The molecule has 13 heavy (non-hydrogen) atoms. The van der Waals surface area contributed by atoms with Gasteiger partial charge < -0.3 is 5.32 Å². The van der Waals surface area contributed by atoms with Crippen molar-refractivity contribution < 1.29 is 0 Å². The second kappa shape index (κ2) is 3.97. The van der Waals surface area contributed by atoms with Crippen molar-refractivity contribution in [3.63, 3.8) is 0 Å². The number of hydrogen-bond acceptors (Lipinski definition) is 2. The van der Waals surface area contributed by atoms with Crippen molar-refractivity contribution in [2.24, 2.45) is 5.92 Å². The van der Waals surface area contributed by atoms with Crippen LogP contribution in [0.4, 0.5) is 0 Å². The van der Waals surface area contributed by atoms with Crippen LogP contribution in [0, 0.1) is 5.92 Å². The summed E-state index contributed by atoms with van der Waals surface area (Å²) in [4.78, 5) is 2.67. The largest absolute Gasteiger partial charge is 0.315 e. The third kappa shape index (κ3) is 1.89. The van der Waals surface area contributed by atoms with Gasteiger partial charge in [-0.15, -0.1) is 0 Å². The van der Waals surface area contributed by atoms with Crippen molar-refractivity contribution >= 4 is 0 Å². The molecule has 2 atom stereocenters. The fourth-order valence-electron chi connectivity index (χ4n) is 2.90. The van der Waals surface area contributed by atoms with Gasteiger partial charge in [0.15, 0.2) is 0 Å². The smallest absolute Gasteiger partial charge is 0.0249 e. The molecule has 1 heterocycles. The van der Waals surface area contributed by atoms with Crippen LogP contribution in [0.3, 0.4) is 0 Å². The summed E-state index contributed by atoms with van der Waals surface area (Å²) in [5, 5.41) is 3.48. The fraction of sp³-hybridized carbons (Fsp3) is 1.00. The summed E-state index contributed by atoms with van der Waals surface area (Å²) in [6.07, 6.45) is 5.66. The van der Waals surface area contributed by atoms with E-state index in [0.29, 0.717) is 0 Å². The molecule has 1 aliphatic heterocycles. The minimum atomic E-state index is 0.765. The number of rotatable bonds is 2. The molecule has 0 bridgehead atoms. The number of hydrogen-bond donors (Lipinski definition) is 1. The van der Waals surface area contributed by atoms with Gasteiger partial charge in [-0.2, -0.15) is 0 Å². The second-order valence-corrected chi connectivity index (χ2v) is 4.81. The second-order valence-electron chi connectivity index (χ2n) is 4.81. The average molecular weight is 182 g/mol. The van der Waals surface area contributed by atoms with Crippen LogP contribution in [0.25, 0.3) is 0 Å². The summed E-state index contributed by atoms with van der Waals surface area (Å²) in [6, 6.07) is 1.61. The molecule has 2 aliphatic rings. The van der Waals surface area contributed by atoms with Crippen LogP contribution in [0.1, 0.15) is 32.6 Å². The van der Waals surface area contributed by atoms with Crippen LogP contribution in [0.2, 0.25) is 0 Å². The van der Waals surface area contributed by atoms with E-state index in [9.17, 15) is 0 Å². The van der Waals surface area contributed by atoms with Crippen molar-refractivity contribution in [3.8, 4) is 0 Å². The van der Waals surface area contributed by atoms with E-state index in [1.807, 2.05) is 0 Å². The molecular weight excluding hydrogens is 160 g/mol. The van der Waals surface area contributed by atoms with Crippen molar-refractivity contribution in [1.29, 1.82) is 0 Å². The summed E-state index contributed by atoms with van der Waals surface area (Å²) in [5.74, 6) is 0.944. The van der Waals surface area contributed by atoms with Crippen LogP contribution in [0.5, 0.6) is 0 Å². The highest BCUT2D eigenvalue weighted by Gasteiger charge is 2.34. The van der Waals surface area contributed by atoms with Crippen molar-refractivity contribution in [1.82, 2.24) is 10.2 Å². The molecule has 0 aromatic rings. The Morgan fingerprint density at radius 2 is 1.85 bits per heavy atom. The monoisotopic (exact) mass is 182 g/mol. The Labute approximate surface area is 81.7 Å². The van der Waals surface area contributed by atoms with Gasteiger partial charge in [-0.25, -0.2) is 0 Å². The molecule has 1 saturated carbocycles. The van der Waals surface area contributed by atoms with E-state index in [2.05, 4.69) is 24.2 Å². The quantitative estimate of drug-likeness (QED) is 0.695. The van der Waals surface area contributed by atoms with Gasteiger partial charge in [-0.1, -0.05) is 19.8 Å². The maximum atomic E-state index is 3.48. The van der Waals surface area contributed by atoms with Crippen molar-refractivity contribution in [3.05, 3.63) is 0 Å². The van der Waals surface area contributed by atoms with Gasteiger partial charge in [-0.3, -0.25) is 4.90 Å². The van der Waals surface area contributed by atoms with Crippen LogP contribution in [0.15, 0.2) is 0 Å². The molecule has 76 valence electrons. The topological polar surface area (TPSA) is 15.3 Å². The van der Waals surface area contributed by atoms with E-state index in [-0.39, 0.29) is 0 Å². The maximum Gasteiger partial charge on any atom is 0.0249 e. The standard InChI is InChI=1S/C11H22N2/c1-9-7-13(8-9)11-6-4-3-5-10(11)12-2/h9-12H,3-8H2,1-2H3. The molecule has 0 radical (unpaired) electrons. The molecular formula is C11H22N2. The Kier molecular flexibility index (Phi) is 2.89. The molecule has 0 spiro atoms. The molecule has 1 saturated heterocycles. The third-order valence-electron chi connectivity index (χ3n) is 3.66. The zero-order valence-electron chi connectivity index (χ0n) is 8.92. The van der Waals surface area contributed by atoms with Gasteiger partial charge in [0.05, 0.1) is 0 Å². The van der Waals surface area contributed by atoms with Crippen LogP contribution >= 0.6 is 0 Å². The third-order valence-corrected chi connectivity index (χ3v) is 3.66. The maximum absolute atomic E-state index is 3.48. The summed E-state index contributed by atoms with van der Waals surface area (Å²) < 4.78 is 0. The van der Waals surface area contributed by atoms with Crippen LogP contribution in [-0.2, 0) is 0 Å². The van der Waals surface area contributed by atoms with E-state index in [1.165, 1.54) is 38.8 Å². The predicted molar refractivity (Wildman–Crippen MR) is 55.8 cm³/mol. The molecule has 0 aromatic heterocycles. The van der Waals surface area contributed by atoms with Crippen LogP contribution < -0.4 is 5.32 Å². The zero-order valence-corrected chi connectivity index (χ0v) is 8.92. The van der Waals surface area contributed by atoms with E-state index in [1.54, 1.807) is 0 Å². The average Bonchev–Trinajstić information content (AvgIpc) is 2.13. The highest BCUT2D eigenvalue weighted by atomic mass is 15.2. The van der Waals surface area contributed by atoms with Crippen molar-refractivity contribution in [2.45, 2.75) is 44.7 Å². The summed E-state index contributed by atoms with van der Waals surface area (Å²) in [6.45, 7) is 5.03. The lowest BCUT2D eigenvalue weighted by Gasteiger charge is -2.47. The van der Waals surface area contributed by atoms with Gasteiger partial charge in [0.25, 0.3) is 0 Å². The van der Waals surface area contributed by atoms with Gasteiger partial charge >= 0.3 is 0 Å². The first-order chi connectivity index (χ1) is 6.31. The number of nitrogens with zero attached hydrogens (tertiary/aromatic N) is 1. The fourth-order valence-corrected chi connectivity index (χ4v) is 2.90. The molecule has 2 unspecified atom stereocenters. The molecule has 0 amide bonds. The van der Waals surface area contributed by atoms with Crippen LogP contribution in [-0.4, -0.2) is 37.1 Å². The molecule has 1 aliphatic carbocycles. The molecule has 1 N–H and O–H groups in total.